The average molecular weight is 487 g/mol. The summed E-state index contributed by atoms with van der Waals surface area (Å²) < 4.78 is 0. The van der Waals surface area contributed by atoms with E-state index in [1.165, 1.54) is 9.80 Å². The predicted octanol–water partition coefficient (Wildman–Crippen LogP) is 1.45. The summed E-state index contributed by atoms with van der Waals surface area (Å²) >= 11 is 5.96. The molecule has 0 radical (unpaired) electrons. The Labute approximate surface area is 216 Å². The van der Waals surface area contributed by atoms with Crippen LogP contribution in [0.1, 0.15) is 32.1 Å². The second kappa shape index (κ2) is 11.3. The minimum atomic E-state index is -1.04. The molecule has 2 saturated heterocycles. The van der Waals surface area contributed by atoms with Crippen LogP contribution >= 0.6 is 11.6 Å². The van der Waals surface area contributed by atoms with E-state index < -0.39 is 12.0 Å². The number of hydrogen-bond donors (Lipinski definition) is 3. The van der Waals surface area contributed by atoms with E-state index >= 15 is 0 Å². The minimum absolute atomic E-state index is 0. The molecular weight excluding hydrogens is 455 g/mol. The van der Waals surface area contributed by atoms with E-state index in [9.17, 15) is 24.6 Å². The summed E-state index contributed by atoms with van der Waals surface area (Å²) in [7, 11) is 0. The van der Waals surface area contributed by atoms with Crippen LogP contribution in [0, 0.1) is 5.41 Å². The number of anilines is 1. The van der Waals surface area contributed by atoms with Crippen molar-refractivity contribution in [2.45, 2.75) is 44.2 Å². The topological polar surface area (TPSA) is 113 Å². The van der Waals surface area contributed by atoms with Crippen LogP contribution in [-0.4, -0.2) is 113 Å². The van der Waals surface area contributed by atoms with Crippen LogP contribution < -0.4 is 5.32 Å². The van der Waals surface area contributed by atoms with Crippen molar-refractivity contribution in [3.8, 4) is 0 Å². The van der Waals surface area contributed by atoms with Crippen molar-refractivity contribution in [1.82, 2.24) is 14.7 Å². The third kappa shape index (κ3) is 6.26. The van der Waals surface area contributed by atoms with E-state index in [0.29, 0.717) is 23.8 Å². The molecule has 3 N–H and O–H groups in total. The molecule has 34 heavy (non-hydrogen) atoms. The van der Waals surface area contributed by atoms with Crippen LogP contribution in [0.15, 0.2) is 24.3 Å². The first-order valence-electron chi connectivity index (χ1n) is 11.5. The Morgan fingerprint density at radius 2 is 1.94 bits per heavy atom. The molecule has 3 aliphatic rings. The van der Waals surface area contributed by atoms with Crippen molar-refractivity contribution in [1.29, 1.82) is 0 Å². The molecule has 9 nitrogen and oxygen atoms in total. The Hall–Kier alpha value is -1.76. The van der Waals surface area contributed by atoms with Gasteiger partial charge in [0.25, 0.3) is 0 Å². The molecule has 1 saturated carbocycles. The predicted molar refractivity (Wildman–Crippen MR) is 130 cm³/mol. The Balaban J connectivity index is 0.00000324. The van der Waals surface area contributed by atoms with Crippen molar-refractivity contribution in [2.24, 2.45) is 5.41 Å². The van der Waals surface area contributed by atoms with Crippen LogP contribution in [0.3, 0.4) is 0 Å². The van der Waals surface area contributed by atoms with Crippen molar-refractivity contribution in [3.63, 3.8) is 0 Å². The quantitative estimate of drug-likeness (QED) is 0.524. The first-order chi connectivity index (χ1) is 15.8. The van der Waals surface area contributed by atoms with E-state index in [-0.39, 0.29) is 74.8 Å². The van der Waals surface area contributed by atoms with E-state index in [4.69, 9.17) is 11.6 Å². The van der Waals surface area contributed by atoms with Gasteiger partial charge in [0.1, 0.15) is 6.04 Å². The number of carboxylic acids is 1. The Kier molecular flexibility index (Phi) is 8.93. The van der Waals surface area contributed by atoms with Crippen molar-refractivity contribution in [2.75, 3.05) is 44.6 Å². The molecule has 1 aromatic rings. The normalized spacial score (nSPS) is 23.1. The second-order valence-corrected chi connectivity index (χ2v) is 9.77. The molecule has 3 amide bonds. The summed E-state index contributed by atoms with van der Waals surface area (Å²) in [6.45, 7) is 2.52. The molecule has 1 spiro atoms. The number of carbonyl (C=O) groups is 3. The molecule has 4 rings (SSSR count). The summed E-state index contributed by atoms with van der Waals surface area (Å²) in [6, 6.07) is 5.49. The second-order valence-electron chi connectivity index (χ2n) is 9.34. The summed E-state index contributed by atoms with van der Waals surface area (Å²) in [5, 5.41) is 23.5. The van der Waals surface area contributed by atoms with Gasteiger partial charge in [-0.3, -0.25) is 4.79 Å². The number of urea groups is 1. The van der Waals surface area contributed by atoms with Gasteiger partial charge in [0.15, 0.2) is 0 Å². The van der Waals surface area contributed by atoms with Gasteiger partial charge in [-0.15, -0.1) is 0 Å². The van der Waals surface area contributed by atoms with Gasteiger partial charge in [0.05, 0.1) is 6.10 Å². The van der Waals surface area contributed by atoms with E-state index in [0.717, 1.165) is 25.8 Å². The fraction of sp³-hybridized carbons (Fsp3) is 0.609. The number of amides is 3. The number of carbonyl (C=O) groups excluding carboxylic acids is 2. The summed E-state index contributed by atoms with van der Waals surface area (Å²) in [4.78, 5) is 42.5. The molecule has 0 aromatic heterocycles. The average Bonchev–Trinajstić information content (AvgIpc) is 3.57. The maximum atomic E-state index is 12.8. The number of aliphatic hydroxyl groups is 1. The number of nitrogens with one attached hydrogen (secondary N) is 1. The fourth-order valence-electron chi connectivity index (χ4n) is 4.88. The molecule has 2 aliphatic heterocycles. The van der Waals surface area contributed by atoms with Crippen molar-refractivity contribution < 1.29 is 24.6 Å². The van der Waals surface area contributed by atoms with Gasteiger partial charge in [-0.05, 0) is 55.8 Å². The number of likely N-dealkylation sites (tertiary alicyclic amines) is 1. The number of β-amino-alcohol motifs (C(OH)–C–C–N with tert-alkyl or cyclic N) is 1. The monoisotopic (exact) mass is 486 g/mol. The fourth-order valence-corrected chi connectivity index (χ4v) is 5.07. The standard InChI is InChI=1S/C23H31ClN4O5.Li.H/c24-16-2-1-3-17(14-16)25-22(33)27-10-5-20(30)28(13-12-27)18(21(31)32)4-9-26-11-8-23(6-7-23)19(29)15-26;;/h1-3,14,18-19,29H,4-13,15H2,(H,25,33)(H,31,32);;/t18?,19-;;/m1../s1. The molecule has 1 aromatic carbocycles. The number of halogens is 1. The molecule has 2 atom stereocenters. The van der Waals surface area contributed by atoms with E-state index in [1.54, 1.807) is 24.3 Å². The number of aliphatic carboxylic acids is 1. The summed E-state index contributed by atoms with van der Waals surface area (Å²) in [5.41, 5.74) is 0.651. The van der Waals surface area contributed by atoms with Gasteiger partial charge in [0, 0.05) is 49.9 Å². The van der Waals surface area contributed by atoms with Crippen molar-refractivity contribution >= 4 is 54.1 Å². The number of carboxylic acid groups (broad SMARTS) is 1. The Bertz CT molecular complexity index is 915. The van der Waals surface area contributed by atoms with E-state index in [2.05, 4.69) is 10.2 Å². The van der Waals surface area contributed by atoms with Crippen molar-refractivity contribution in [3.05, 3.63) is 29.3 Å². The van der Waals surface area contributed by atoms with Gasteiger partial charge in [0.2, 0.25) is 5.91 Å². The zero-order valence-electron chi connectivity index (χ0n) is 18.6. The zero-order valence-corrected chi connectivity index (χ0v) is 19.3. The zero-order chi connectivity index (χ0) is 23.6. The third-order valence-corrected chi connectivity index (χ3v) is 7.46. The first-order valence-corrected chi connectivity index (χ1v) is 11.9. The molecular formula is C23H32ClLiN4O5. The van der Waals surface area contributed by atoms with Gasteiger partial charge >= 0.3 is 30.9 Å². The third-order valence-electron chi connectivity index (χ3n) is 7.23. The van der Waals surface area contributed by atoms with Crippen LogP contribution in [0.25, 0.3) is 0 Å². The molecule has 0 bridgehead atoms. The van der Waals surface area contributed by atoms with E-state index in [1.807, 2.05) is 0 Å². The summed E-state index contributed by atoms with van der Waals surface area (Å²) in [5.74, 6) is -1.31. The first kappa shape index (κ1) is 26.8. The Morgan fingerprint density at radius 1 is 1.18 bits per heavy atom. The molecule has 1 aliphatic carbocycles. The number of aliphatic hydroxyl groups excluding tert-OH is 1. The summed E-state index contributed by atoms with van der Waals surface area (Å²) in [6.07, 6.45) is 3.08. The van der Waals surface area contributed by atoms with Crippen LogP contribution in [0.4, 0.5) is 10.5 Å². The van der Waals surface area contributed by atoms with Crippen LogP contribution in [0.2, 0.25) is 5.02 Å². The molecule has 11 heteroatoms. The number of nitrogens with zero attached hydrogens (tertiary/aromatic N) is 3. The maximum absolute atomic E-state index is 12.8. The van der Waals surface area contributed by atoms with Gasteiger partial charge in [-0.2, -0.15) is 0 Å². The SMILES string of the molecule is O=C(O)C(CCN1CCC2(CC2)[C@H](O)C1)N1CCN(C(=O)Nc2cccc(Cl)c2)CCC1=O.[LiH]. The van der Waals surface area contributed by atoms with Gasteiger partial charge in [-0.25, -0.2) is 9.59 Å². The molecule has 1 unspecified atom stereocenters. The van der Waals surface area contributed by atoms with Crippen LogP contribution in [-0.2, 0) is 9.59 Å². The molecule has 182 valence electrons. The Morgan fingerprint density at radius 3 is 2.59 bits per heavy atom. The number of hydrogen-bond acceptors (Lipinski definition) is 5. The number of benzene rings is 1. The number of rotatable bonds is 6. The molecule has 2 heterocycles. The molecule has 3 fully saturated rings. The van der Waals surface area contributed by atoms with Gasteiger partial charge in [-0.1, -0.05) is 17.7 Å². The van der Waals surface area contributed by atoms with Gasteiger partial charge < -0.3 is 30.2 Å². The van der Waals surface area contributed by atoms with Crippen LogP contribution in [0.5, 0.6) is 0 Å². The number of piperidine rings is 1.